The molecule has 84 valence electrons. The monoisotopic (exact) mass is 206 g/mol. The Labute approximate surface area is 92.9 Å². The highest BCUT2D eigenvalue weighted by atomic mass is 14.9. The zero-order chi connectivity index (χ0) is 11.3. The van der Waals surface area contributed by atoms with E-state index in [4.69, 9.17) is 5.73 Å². The molecular formula is C13H22N2. The third-order valence-electron chi connectivity index (χ3n) is 3.10. The van der Waals surface area contributed by atoms with Crippen LogP contribution in [0.25, 0.3) is 0 Å². The van der Waals surface area contributed by atoms with Crippen LogP contribution in [0.1, 0.15) is 43.4 Å². The lowest BCUT2D eigenvalue weighted by Gasteiger charge is -2.15. The van der Waals surface area contributed by atoms with Gasteiger partial charge in [0.05, 0.1) is 0 Å². The van der Waals surface area contributed by atoms with Crippen LogP contribution < -0.4 is 11.1 Å². The summed E-state index contributed by atoms with van der Waals surface area (Å²) in [4.78, 5) is 0. The van der Waals surface area contributed by atoms with Gasteiger partial charge in [0.25, 0.3) is 0 Å². The molecule has 0 saturated carbocycles. The van der Waals surface area contributed by atoms with E-state index in [1.54, 1.807) is 0 Å². The Balaban J connectivity index is 2.79. The van der Waals surface area contributed by atoms with Gasteiger partial charge in [0.1, 0.15) is 0 Å². The molecule has 2 heteroatoms. The standard InChI is InChI=1S/C13H22N2/c1-4-10(2)11-5-7-12(8-6-11)13(9-14)15-3/h5-8,10,13,15H,4,9,14H2,1-3H3. The van der Waals surface area contributed by atoms with Gasteiger partial charge >= 0.3 is 0 Å². The van der Waals surface area contributed by atoms with Crippen molar-refractivity contribution in [2.75, 3.05) is 13.6 Å². The third kappa shape index (κ3) is 3.05. The molecule has 0 fully saturated rings. The van der Waals surface area contributed by atoms with Gasteiger partial charge in [-0.25, -0.2) is 0 Å². The van der Waals surface area contributed by atoms with E-state index in [-0.39, 0.29) is 6.04 Å². The van der Waals surface area contributed by atoms with Gasteiger partial charge in [-0.3, -0.25) is 0 Å². The van der Waals surface area contributed by atoms with Crippen molar-refractivity contribution < 1.29 is 0 Å². The first kappa shape index (κ1) is 12.2. The van der Waals surface area contributed by atoms with Gasteiger partial charge < -0.3 is 11.1 Å². The predicted molar refractivity (Wildman–Crippen MR) is 66.0 cm³/mol. The number of nitrogens with one attached hydrogen (secondary N) is 1. The summed E-state index contributed by atoms with van der Waals surface area (Å²) >= 11 is 0. The molecule has 1 rings (SSSR count). The van der Waals surface area contributed by atoms with Gasteiger partial charge in [-0.1, -0.05) is 38.1 Å². The van der Waals surface area contributed by atoms with E-state index in [1.165, 1.54) is 17.5 Å². The Morgan fingerprint density at radius 3 is 2.13 bits per heavy atom. The molecule has 15 heavy (non-hydrogen) atoms. The van der Waals surface area contributed by atoms with Crippen LogP contribution in [0.4, 0.5) is 0 Å². The van der Waals surface area contributed by atoms with Gasteiger partial charge in [-0.2, -0.15) is 0 Å². The van der Waals surface area contributed by atoms with Crippen LogP contribution in [0.5, 0.6) is 0 Å². The first-order valence-corrected chi connectivity index (χ1v) is 5.70. The normalized spacial score (nSPS) is 14.9. The molecule has 1 aromatic carbocycles. The van der Waals surface area contributed by atoms with Crippen molar-refractivity contribution in [1.82, 2.24) is 5.32 Å². The van der Waals surface area contributed by atoms with E-state index in [1.807, 2.05) is 7.05 Å². The smallest absolute Gasteiger partial charge is 0.0442 e. The summed E-state index contributed by atoms with van der Waals surface area (Å²) < 4.78 is 0. The quantitative estimate of drug-likeness (QED) is 0.776. The molecule has 0 bridgehead atoms. The van der Waals surface area contributed by atoms with Gasteiger partial charge in [0.15, 0.2) is 0 Å². The Morgan fingerprint density at radius 2 is 1.73 bits per heavy atom. The highest BCUT2D eigenvalue weighted by Gasteiger charge is 2.07. The molecule has 2 unspecified atom stereocenters. The Hall–Kier alpha value is -0.860. The second kappa shape index (κ2) is 5.89. The summed E-state index contributed by atoms with van der Waals surface area (Å²) in [6.07, 6.45) is 1.19. The molecule has 0 spiro atoms. The van der Waals surface area contributed by atoms with Crippen LogP contribution in [-0.2, 0) is 0 Å². The van der Waals surface area contributed by atoms with E-state index >= 15 is 0 Å². The molecule has 0 saturated heterocycles. The van der Waals surface area contributed by atoms with Gasteiger partial charge in [-0.15, -0.1) is 0 Å². The van der Waals surface area contributed by atoms with E-state index in [2.05, 4.69) is 43.4 Å². The maximum absolute atomic E-state index is 5.68. The van der Waals surface area contributed by atoms with Crippen molar-refractivity contribution in [3.63, 3.8) is 0 Å². The number of likely N-dealkylation sites (N-methyl/N-ethyl adjacent to an activating group) is 1. The van der Waals surface area contributed by atoms with E-state index in [0.717, 1.165) is 0 Å². The van der Waals surface area contributed by atoms with Crippen LogP contribution >= 0.6 is 0 Å². The number of hydrogen-bond acceptors (Lipinski definition) is 2. The largest absolute Gasteiger partial charge is 0.329 e. The Kier molecular flexibility index (Phi) is 4.79. The summed E-state index contributed by atoms with van der Waals surface area (Å²) in [5, 5.41) is 3.21. The lowest BCUT2D eigenvalue weighted by molar-refractivity contribution is 0.605. The molecule has 0 aliphatic rings. The second-order valence-corrected chi connectivity index (χ2v) is 4.05. The molecule has 0 heterocycles. The summed E-state index contributed by atoms with van der Waals surface area (Å²) in [5.41, 5.74) is 8.36. The number of benzene rings is 1. The number of rotatable bonds is 5. The molecule has 0 radical (unpaired) electrons. The highest BCUT2D eigenvalue weighted by Crippen LogP contribution is 2.20. The first-order valence-electron chi connectivity index (χ1n) is 5.70. The Bertz CT molecular complexity index is 275. The predicted octanol–water partition coefficient (Wildman–Crippen LogP) is 2.42. The molecule has 2 atom stereocenters. The van der Waals surface area contributed by atoms with Crippen molar-refractivity contribution >= 4 is 0 Å². The SMILES string of the molecule is CCC(C)c1ccc(C(CN)NC)cc1. The molecule has 0 amide bonds. The fraction of sp³-hybridized carbons (Fsp3) is 0.538. The summed E-state index contributed by atoms with van der Waals surface area (Å²) in [6, 6.07) is 9.05. The van der Waals surface area contributed by atoms with Gasteiger partial charge in [0, 0.05) is 12.6 Å². The molecule has 1 aromatic rings. The maximum atomic E-state index is 5.68. The Morgan fingerprint density at radius 1 is 1.20 bits per heavy atom. The topological polar surface area (TPSA) is 38.0 Å². The lowest BCUT2D eigenvalue weighted by atomic mass is 9.96. The van der Waals surface area contributed by atoms with Gasteiger partial charge in [-0.05, 0) is 30.5 Å². The van der Waals surface area contributed by atoms with E-state index < -0.39 is 0 Å². The average molecular weight is 206 g/mol. The van der Waals surface area contributed by atoms with E-state index in [0.29, 0.717) is 12.5 Å². The van der Waals surface area contributed by atoms with Crippen molar-refractivity contribution in [2.24, 2.45) is 5.73 Å². The molecule has 0 aliphatic carbocycles. The summed E-state index contributed by atoms with van der Waals surface area (Å²) in [5.74, 6) is 0.643. The zero-order valence-electron chi connectivity index (χ0n) is 9.96. The fourth-order valence-electron chi connectivity index (χ4n) is 1.71. The molecule has 0 aromatic heterocycles. The number of hydrogen-bond donors (Lipinski definition) is 2. The summed E-state index contributed by atoms with van der Waals surface area (Å²) in [6.45, 7) is 5.11. The zero-order valence-corrected chi connectivity index (χ0v) is 9.96. The molecule has 2 nitrogen and oxygen atoms in total. The summed E-state index contributed by atoms with van der Waals surface area (Å²) in [7, 11) is 1.94. The first-order chi connectivity index (χ1) is 7.22. The van der Waals surface area contributed by atoms with Crippen LogP contribution in [0.15, 0.2) is 24.3 Å². The minimum Gasteiger partial charge on any atom is -0.329 e. The van der Waals surface area contributed by atoms with Gasteiger partial charge in [0.2, 0.25) is 0 Å². The van der Waals surface area contributed by atoms with Crippen LogP contribution in [0, 0.1) is 0 Å². The lowest BCUT2D eigenvalue weighted by Crippen LogP contribution is -2.24. The minimum atomic E-state index is 0.274. The minimum absolute atomic E-state index is 0.274. The highest BCUT2D eigenvalue weighted by molar-refractivity contribution is 5.27. The van der Waals surface area contributed by atoms with Crippen molar-refractivity contribution in [2.45, 2.75) is 32.2 Å². The van der Waals surface area contributed by atoms with E-state index in [9.17, 15) is 0 Å². The molecule has 3 N–H and O–H groups in total. The van der Waals surface area contributed by atoms with Crippen molar-refractivity contribution in [1.29, 1.82) is 0 Å². The second-order valence-electron chi connectivity index (χ2n) is 4.05. The third-order valence-corrected chi connectivity index (χ3v) is 3.10. The molecule has 0 aliphatic heterocycles. The van der Waals surface area contributed by atoms with Crippen molar-refractivity contribution in [3.05, 3.63) is 35.4 Å². The van der Waals surface area contributed by atoms with Crippen molar-refractivity contribution in [3.8, 4) is 0 Å². The number of nitrogens with two attached hydrogens (primary N) is 1. The van der Waals surface area contributed by atoms with Crippen LogP contribution in [0.3, 0.4) is 0 Å². The van der Waals surface area contributed by atoms with Crippen LogP contribution in [-0.4, -0.2) is 13.6 Å². The van der Waals surface area contributed by atoms with Crippen LogP contribution in [0.2, 0.25) is 0 Å². The average Bonchev–Trinajstić information content (AvgIpc) is 2.30. The maximum Gasteiger partial charge on any atom is 0.0442 e. The fourth-order valence-corrected chi connectivity index (χ4v) is 1.71. The molecular weight excluding hydrogens is 184 g/mol.